The number of halogens is 3. The molecular formula is C20H14BrCl2N7O. The van der Waals surface area contributed by atoms with Crippen LogP contribution in [-0.4, -0.2) is 34.5 Å². The quantitative estimate of drug-likeness (QED) is 0.377. The van der Waals surface area contributed by atoms with Gasteiger partial charge in [-0.25, -0.2) is 9.97 Å². The van der Waals surface area contributed by atoms with Gasteiger partial charge in [0, 0.05) is 35.9 Å². The Morgan fingerprint density at radius 3 is 2.90 bits per heavy atom. The number of fused-ring (bicyclic) bond motifs is 2. The van der Waals surface area contributed by atoms with E-state index in [1.807, 2.05) is 33.5 Å². The Labute approximate surface area is 194 Å². The molecule has 8 nitrogen and oxygen atoms in total. The van der Waals surface area contributed by atoms with Crippen LogP contribution in [0.15, 0.2) is 60.0 Å². The van der Waals surface area contributed by atoms with Gasteiger partial charge < -0.3 is 14.1 Å². The molecule has 31 heavy (non-hydrogen) atoms. The Morgan fingerprint density at radius 2 is 2.03 bits per heavy atom. The molecule has 0 bridgehead atoms. The van der Waals surface area contributed by atoms with Crippen molar-refractivity contribution in [2.75, 3.05) is 0 Å². The average Bonchev–Trinajstić information content (AvgIpc) is 3.45. The SMILES string of the molecule is O=C(NCc1ncn2ccc(Cl)cc12)c1cnn(Cc2cn3cc(Br)c(Cl)cc3n2)c1. The maximum atomic E-state index is 12.6. The molecule has 0 aromatic carbocycles. The summed E-state index contributed by atoms with van der Waals surface area (Å²) >= 11 is 15.6. The monoisotopic (exact) mass is 517 g/mol. The van der Waals surface area contributed by atoms with Gasteiger partial charge in [-0.1, -0.05) is 23.2 Å². The molecule has 0 aliphatic heterocycles. The molecule has 0 saturated heterocycles. The molecule has 5 aromatic heterocycles. The molecule has 156 valence electrons. The number of hydrogen-bond donors (Lipinski definition) is 1. The number of hydrogen-bond acceptors (Lipinski definition) is 4. The van der Waals surface area contributed by atoms with Crippen LogP contribution in [0.4, 0.5) is 0 Å². The van der Waals surface area contributed by atoms with E-state index in [4.69, 9.17) is 23.2 Å². The van der Waals surface area contributed by atoms with E-state index in [1.165, 1.54) is 6.20 Å². The van der Waals surface area contributed by atoms with Crippen LogP contribution in [-0.2, 0) is 13.1 Å². The van der Waals surface area contributed by atoms with Crippen LogP contribution in [0.3, 0.4) is 0 Å². The van der Waals surface area contributed by atoms with Crippen molar-refractivity contribution in [1.29, 1.82) is 0 Å². The minimum atomic E-state index is -0.236. The van der Waals surface area contributed by atoms with Gasteiger partial charge >= 0.3 is 0 Å². The Balaban J connectivity index is 1.27. The topological polar surface area (TPSA) is 81.5 Å². The third kappa shape index (κ3) is 4.04. The van der Waals surface area contributed by atoms with Crippen LogP contribution in [0, 0.1) is 0 Å². The number of amides is 1. The Bertz CT molecular complexity index is 1400. The lowest BCUT2D eigenvalue weighted by Gasteiger charge is -2.02. The predicted octanol–water partition coefficient (Wildman–Crippen LogP) is 4.23. The number of nitrogens with one attached hydrogen (secondary N) is 1. The predicted molar refractivity (Wildman–Crippen MR) is 121 cm³/mol. The summed E-state index contributed by atoms with van der Waals surface area (Å²) in [7, 11) is 0. The first kappa shape index (κ1) is 20.0. The van der Waals surface area contributed by atoms with Gasteiger partial charge in [0.1, 0.15) is 5.65 Å². The van der Waals surface area contributed by atoms with E-state index >= 15 is 0 Å². The summed E-state index contributed by atoms with van der Waals surface area (Å²) in [4.78, 5) is 21.4. The van der Waals surface area contributed by atoms with Crippen molar-refractivity contribution in [3.63, 3.8) is 0 Å². The number of nitrogens with zero attached hydrogens (tertiary/aromatic N) is 6. The molecule has 0 unspecified atom stereocenters. The molecule has 0 spiro atoms. The zero-order valence-electron chi connectivity index (χ0n) is 15.8. The van der Waals surface area contributed by atoms with E-state index in [0.717, 1.165) is 27.0 Å². The van der Waals surface area contributed by atoms with Crippen molar-refractivity contribution in [3.8, 4) is 0 Å². The molecule has 0 saturated carbocycles. The van der Waals surface area contributed by atoms with Gasteiger partial charge in [-0.2, -0.15) is 5.10 Å². The fourth-order valence-electron chi connectivity index (χ4n) is 3.26. The standard InChI is InChI=1S/C20H14BrCl2N7O/c21-15-10-29-8-14(27-19(29)4-16(15)23)9-30-7-12(5-26-30)20(31)24-6-17-18-3-13(22)1-2-28(18)11-25-17/h1-5,7-8,10-11H,6,9H2,(H,24,31). The highest BCUT2D eigenvalue weighted by molar-refractivity contribution is 9.10. The first-order valence-corrected chi connectivity index (χ1v) is 10.8. The first-order valence-electron chi connectivity index (χ1n) is 9.20. The highest BCUT2D eigenvalue weighted by Crippen LogP contribution is 2.23. The number of rotatable bonds is 5. The van der Waals surface area contributed by atoms with E-state index in [-0.39, 0.29) is 12.5 Å². The van der Waals surface area contributed by atoms with E-state index in [1.54, 1.807) is 29.3 Å². The van der Waals surface area contributed by atoms with Crippen LogP contribution in [0.25, 0.3) is 11.2 Å². The average molecular weight is 519 g/mol. The number of imidazole rings is 2. The molecule has 1 amide bonds. The van der Waals surface area contributed by atoms with Crippen LogP contribution in [0.2, 0.25) is 10.0 Å². The second kappa shape index (κ2) is 7.99. The zero-order chi connectivity index (χ0) is 21.5. The third-order valence-electron chi connectivity index (χ3n) is 4.76. The lowest BCUT2D eigenvalue weighted by Crippen LogP contribution is -2.22. The second-order valence-electron chi connectivity index (χ2n) is 6.91. The van der Waals surface area contributed by atoms with Crippen molar-refractivity contribution in [2.24, 2.45) is 0 Å². The van der Waals surface area contributed by atoms with Gasteiger partial charge in [0.15, 0.2) is 0 Å². The van der Waals surface area contributed by atoms with Crippen LogP contribution in [0.1, 0.15) is 21.7 Å². The summed E-state index contributed by atoms with van der Waals surface area (Å²) in [5, 5.41) is 8.36. The Kier molecular flexibility index (Phi) is 5.17. The number of carbonyl (C=O) groups is 1. The molecular weight excluding hydrogens is 505 g/mol. The summed E-state index contributed by atoms with van der Waals surface area (Å²) in [5.74, 6) is -0.236. The maximum Gasteiger partial charge on any atom is 0.254 e. The van der Waals surface area contributed by atoms with Gasteiger partial charge in [0.25, 0.3) is 5.91 Å². The molecule has 0 aliphatic carbocycles. The van der Waals surface area contributed by atoms with Gasteiger partial charge in [-0.3, -0.25) is 9.48 Å². The lowest BCUT2D eigenvalue weighted by atomic mass is 10.3. The lowest BCUT2D eigenvalue weighted by molar-refractivity contribution is 0.0950. The number of pyridine rings is 2. The maximum absolute atomic E-state index is 12.6. The molecule has 11 heteroatoms. The largest absolute Gasteiger partial charge is 0.346 e. The summed E-state index contributed by atoms with van der Waals surface area (Å²) in [6.45, 7) is 0.706. The van der Waals surface area contributed by atoms with E-state index in [2.05, 4.69) is 36.3 Å². The zero-order valence-corrected chi connectivity index (χ0v) is 18.9. The molecule has 0 radical (unpaired) electrons. The molecule has 5 rings (SSSR count). The summed E-state index contributed by atoms with van der Waals surface area (Å²) in [6.07, 6.45) is 10.5. The molecule has 0 atom stereocenters. The minimum Gasteiger partial charge on any atom is -0.346 e. The fraction of sp³-hybridized carbons (Fsp3) is 0.100. The Morgan fingerprint density at radius 1 is 1.16 bits per heavy atom. The fourth-order valence-corrected chi connectivity index (χ4v) is 3.91. The summed E-state index contributed by atoms with van der Waals surface area (Å²) in [6, 6.07) is 5.38. The van der Waals surface area contributed by atoms with Gasteiger partial charge in [-0.05, 0) is 28.1 Å². The van der Waals surface area contributed by atoms with Crippen LogP contribution < -0.4 is 5.32 Å². The first-order chi connectivity index (χ1) is 15.0. The normalized spacial score (nSPS) is 11.5. The van der Waals surface area contributed by atoms with E-state index < -0.39 is 0 Å². The van der Waals surface area contributed by atoms with Crippen LogP contribution >= 0.6 is 39.1 Å². The number of aromatic nitrogens is 6. The Hall–Kier alpha value is -2.88. The third-order valence-corrected chi connectivity index (χ3v) is 6.17. The highest BCUT2D eigenvalue weighted by Gasteiger charge is 2.12. The van der Waals surface area contributed by atoms with Crippen molar-refractivity contribution >= 4 is 56.2 Å². The van der Waals surface area contributed by atoms with Crippen molar-refractivity contribution in [1.82, 2.24) is 33.9 Å². The van der Waals surface area contributed by atoms with Crippen molar-refractivity contribution in [3.05, 3.63) is 87.0 Å². The number of carbonyl (C=O) groups excluding carboxylic acids is 1. The van der Waals surface area contributed by atoms with Gasteiger partial charge in [0.2, 0.25) is 0 Å². The summed E-state index contributed by atoms with van der Waals surface area (Å²) in [5.41, 5.74) is 3.57. The molecule has 1 N–H and O–H groups in total. The van der Waals surface area contributed by atoms with Crippen molar-refractivity contribution in [2.45, 2.75) is 13.1 Å². The second-order valence-corrected chi connectivity index (χ2v) is 8.60. The van der Waals surface area contributed by atoms with E-state index in [9.17, 15) is 4.79 Å². The molecule has 5 heterocycles. The van der Waals surface area contributed by atoms with Gasteiger partial charge in [0.05, 0.1) is 57.6 Å². The van der Waals surface area contributed by atoms with Gasteiger partial charge in [-0.15, -0.1) is 0 Å². The minimum absolute atomic E-state index is 0.236. The summed E-state index contributed by atoms with van der Waals surface area (Å²) < 4.78 is 6.19. The van der Waals surface area contributed by atoms with E-state index in [0.29, 0.717) is 22.2 Å². The van der Waals surface area contributed by atoms with Crippen LogP contribution in [0.5, 0.6) is 0 Å². The molecule has 0 fully saturated rings. The smallest absolute Gasteiger partial charge is 0.254 e. The molecule has 5 aromatic rings. The molecule has 0 aliphatic rings. The highest BCUT2D eigenvalue weighted by atomic mass is 79.9. The van der Waals surface area contributed by atoms with Crippen molar-refractivity contribution < 1.29 is 4.79 Å².